The van der Waals surface area contributed by atoms with Gasteiger partial charge < -0.3 is 0 Å². The number of thiol groups is 1. The maximum absolute atomic E-state index is 4.46. The molecule has 0 amide bonds. The van der Waals surface area contributed by atoms with Gasteiger partial charge in [0.15, 0.2) is 5.50 Å². The van der Waals surface area contributed by atoms with Crippen LogP contribution in [0.25, 0.3) is 0 Å². The lowest BCUT2D eigenvalue weighted by molar-refractivity contribution is 0.290. The molecule has 4 heteroatoms. The number of hydrazine groups is 1. The molecule has 1 aromatic carbocycles. The van der Waals surface area contributed by atoms with Crippen LogP contribution >= 0.6 is 12.6 Å². The van der Waals surface area contributed by atoms with Crippen molar-refractivity contribution >= 4 is 24.7 Å². The van der Waals surface area contributed by atoms with Gasteiger partial charge in [0.25, 0.3) is 0 Å². The lowest BCUT2D eigenvalue weighted by Gasteiger charge is -2.29. The van der Waals surface area contributed by atoms with E-state index in [0.717, 1.165) is 18.7 Å². The van der Waals surface area contributed by atoms with Crippen LogP contribution in [0.15, 0.2) is 35.3 Å². The average Bonchev–Trinajstić information content (AvgIpc) is 2.69. The van der Waals surface area contributed by atoms with Gasteiger partial charge in [-0.1, -0.05) is 31.5 Å². The first-order valence-electron chi connectivity index (χ1n) is 5.65. The summed E-state index contributed by atoms with van der Waals surface area (Å²) in [6.45, 7) is 3.18. The van der Waals surface area contributed by atoms with Gasteiger partial charge in [0.1, 0.15) is 6.34 Å². The van der Waals surface area contributed by atoms with E-state index in [4.69, 9.17) is 0 Å². The predicted molar refractivity (Wildman–Crippen MR) is 71.8 cm³/mol. The zero-order chi connectivity index (χ0) is 11.4. The number of hydrogen-bond acceptors (Lipinski definition) is 4. The molecule has 16 heavy (non-hydrogen) atoms. The molecule has 1 aliphatic heterocycles. The first-order valence-corrected chi connectivity index (χ1v) is 6.17. The summed E-state index contributed by atoms with van der Waals surface area (Å²) in [5, 5.41) is 4.25. The molecular formula is C12H17N3S. The molecule has 1 aromatic rings. The molecule has 0 fully saturated rings. The van der Waals surface area contributed by atoms with Crippen LogP contribution < -0.4 is 5.01 Å². The number of rotatable bonds is 4. The molecule has 0 aliphatic carbocycles. The Labute approximate surface area is 102 Å². The lowest BCUT2D eigenvalue weighted by Crippen LogP contribution is -2.41. The van der Waals surface area contributed by atoms with Crippen molar-refractivity contribution in [3.8, 4) is 0 Å². The Hall–Kier alpha value is -1.00. The average molecular weight is 235 g/mol. The molecule has 0 bridgehead atoms. The molecule has 1 heterocycles. The minimum Gasteiger partial charge on any atom is -0.261 e. The summed E-state index contributed by atoms with van der Waals surface area (Å²) < 4.78 is 0. The molecule has 3 nitrogen and oxygen atoms in total. The summed E-state index contributed by atoms with van der Waals surface area (Å²) in [5.41, 5.74) is 1.09. The molecule has 1 unspecified atom stereocenters. The van der Waals surface area contributed by atoms with Crippen LogP contribution in [0.3, 0.4) is 0 Å². The number of anilines is 1. The van der Waals surface area contributed by atoms with Gasteiger partial charge in [0, 0.05) is 6.54 Å². The van der Waals surface area contributed by atoms with Crippen LogP contribution in [-0.4, -0.2) is 23.4 Å². The molecule has 0 aromatic heterocycles. The minimum absolute atomic E-state index is 0.0493. The molecule has 0 saturated heterocycles. The molecule has 86 valence electrons. The van der Waals surface area contributed by atoms with E-state index in [0.29, 0.717) is 0 Å². The van der Waals surface area contributed by atoms with Crippen LogP contribution in [0.1, 0.15) is 19.8 Å². The highest BCUT2D eigenvalue weighted by molar-refractivity contribution is 7.80. The van der Waals surface area contributed by atoms with E-state index >= 15 is 0 Å². The number of hydrogen-bond donors (Lipinski definition) is 1. The van der Waals surface area contributed by atoms with Crippen molar-refractivity contribution in [1.82, 2.24) is 5.01 Å². The van der Waals surface area contributed by atoms with Crippen LogP contribution in [-0.2, 0) is 0 Å². The van der Waals surface area contributed by atoms with Gasteiger partial charge in [-0.05, 0) is 18.6 Å². The Morgan fingerprint density at radius 1 is 1.31 bits per heavy atom. The van der Waals surface area contributed by atoms with E-state index in [-0.39, 0.29) is 5.50 Å². The normalized spacial score (nSPS) is 20.6. The van der Waals surface area contributed by atoms with E-state index in [1.54, 1.807) is 0 Å². The summed E-state index contributed by atoms with van der Waals surface area (Å²) >= 11 is 4.46. The molecule has 2 rings (SSSR count). The Bertz CT molecular complexity index is 353. The molecule has 0 N–H and O–H groups in total. The van der Waals surface area contributed by atoms with E-state index in [9.17, 15) is 0 Å². The second-order valence-corrected chi connectivity index (χ2v) is 4.27. The van der Waals surface area contributed by atoms with Crippen LogP contribution in [0.5, 0.6) is 0 Å². The SMILES string of the molecule is CCCCN1C(S)N=CN1c1ccccc1. The minimum atomic E-state index is -0.0493. The Balaban J connectivity index is 2.11. The maximum atomic E-state index is 4.46. The molecular weight excluding hydrogens is 218 g/mol. The third-order valence-electron chi connectivity index (χ3n) is 2.61. The van der Waals surface area contributed by atoms with Crippen LogP contribution in [0.2, 0.25) is 0 Å². The third kappa shape index (κ3) is 2.39. The van der Waals surface area contributed by atoms with Crippen molar-refractivity contribution in [1.29, 1.82) is 0 Å². The van der Waals surface area contributed by atoms with Gasteiger partial charge in [0.2, 0.25) is 0 Å². The fraction of sp³-hybridized carbons (Fsp3) is 0.417. The fourth-order valence-electron chi connectivity index (χ4n) is 1.72. The lowest BCUT2D eigenvalue weighted by atomic mass is 10.3. The summed E-state index contributed by atoms with van der Waals surface area (Å²) in [5.74, 6) is 0. The number of aliphatic imine (C=N–C) groups is 1. The topological polar surface area (TPSA) is 18.8 Å². The van der Waals surface area contributed by atoms with Gasteiger partial charge in [-0.3, -0.25) is 5.01 Å². The predicted octanol–water partition coefficient (Wildman–Crippen LogP) is 2.77. The first kappa shape index (κ1) is 11.5. The van der Waals surface area contributed by atoms with Gasteiger partial charge in [-0.25, -0.2) is 4.99 Å². The van der Waals surface area contributed by atoms with Gasteiger partial charge in [-0.15, -0.1) is 12.6 Å². The number of unbranched alkanes of at least 4 members (excludes halogenated alkanes) is 1. The fourth-order valence-corrected chi connectivity index (χ4v) is 2.00. The standard InChI is InChI=1S/C12H17N3S/c1-2-3-9-14-12(16)13-10-15(14)11-7-5-4-6-8-11/h4-8,10,12,16H,2-3,9H2,1H3. The Morgan fingerprint density at radius 3 is 2.75 bits per heavy atom. The maximum Gasteiger partial charge on any atom is 0.165 e. The number of nitrogens with zero attached hydrogens (tertiary/aromatic N) is 3. The summed E-state index contributed by atoms with van der Waals surface area (Å²) in [6.07, 6.45) is 4.19. The van der Waals surface area contributed by atoms with Crippen LogP contribution in [0, 0.1) is 0 Å². The first-order chi connectivity index (χ1) is 7.83. The van der Waals surface area contributed by atoms with E-state index in [2.05, 4.69) is 46.7 Å². The quantitative estimate of drug-likeness (QED) is 0.809. The van der Waals surface area contributed by atoms with Crippen molar-refractivity contribution < 1.29 is 0 Å². The van der Waals surface area contributed by atoms with Crippen molar-refractivity contribution in [2.75, 3.05) is 11.6 Å². The Morgan fingerprint density at radius 2 is 2.06 bits per heavy atom. The third-order valence-corrected chi connectivity index (χ3v) is 3.01. The van der Waals surface area contributed by atoms with Gasteiger partial charge in [-0.2, -0.15) is 5.01 Å². The van der Waals surface area contributed by atoms with Crippen molar-refractivity contribution in [3.05, 3.63) is 30.3 Å². The smallest absolute Gasteiger partial charge is 0.165 e. The second kappa shape index (κ2) is 5.37. The van der Waals surface area contributed by atoms with E-state index < -0.39 is 0 Å². The number of para-hydroxylation sites is 1. The monoisotopic (exact) mass is 235 g/mol. The van der Waals surface area contributed by atoms with Crippen molar-refractivity contribution in [2.24, 2.45) is 4.99 Å². The highest BCUT2D eigenvalue weighted by Crippen LogP contribution is 2.23. The summed E-state index contributed by atoms with van der Waals surface area (Å²) in [6, 6.07) is 10.2. The summed E-state index contributed by atoms with van der Waals surface area (Å²) in [4.78, 5) is 4.32. The molecule has 0 saturated carbocycles. The molecule has 0 radical (unpaired) electrons. The van der Waals surface area contributed by atoms with Crippen molar-refractivity contribution in [3.63, 3.8) is 0 Å². The zero-order valence-corrected chi connectivity index (χ0v) is 10.3. The van der Waals surface area contributed by atoms with Gasteiger partial charge >= 0.3 is 0 Å². The van der Waals surface area contributed by atoms with Gasteiger partial charge in [0.05, 0.1) is 5.69 Å². The highest BCUT2D eigenvalue weighted by Gasteiger charge is 2.25. The number of benzene rings is 1. The van der Waals surface area contributed by atoms with Crippen LogP contribution in [0.4, 0.5) is 5.69 Å². The van der Waals surface area contributed by atoms with E-state index in [1.807, 2.05) is 24.5 Å². The molecule has 1 atom stereocenters. The second-order valence-electron chi connectivity index (χ2n) is 3.81. The molecule has 1 aliphatic rings. The zero-order valence-electron chi connectivity index (χ0n) is 9.45. The molecule has 0 spiro atoms. The van der Waals surface area contributed by atoms with Crippen molar-refractivity contribution in [2.45, 2.75) is 25.3 Å². The summed E-state index contributed by atoms with van der Waals surface area (Å²) in [7, 11) is 0. The highest BCUT2D eigenvalue weighted by atomic mass is 32.1. The largest absolute Gasteiger partial charge is 0.261 e. The van der Waals surface area contributed by atoms with E-state index in [1.165, 1.54) is 6.42 Å². The Kier molecular flexibility index (Phi) is 3.85.